The third-order valence-electron chi connectivity index (χ3n) is 5.50. The van der Waals surface area contributed by atoms with Crippen molar-refractivity contribution in [1.82, 2.24) is 20.5 Å². The van der Waals surface area contributed by atoms with Crippen molar-refractivity contribution in [2.45, 2.75) is 37.9 Å². The number of hydrogen-bond donors (Lipinski definition) is 2. The number of likely N-dealkylation sites (tertiary alicyclic amines) is 1. The quantitative estimate of drug-likeness (QED) is 0.722. The lowest BCUT2D eigenvalue weighted by Gasteiger charge is -2.25. The summed E-state index contributed by atoms with van der Waals surface area (Å²) in [6.07, 6.45) is 4.82. The maximum absolute atomic E-state index is 12.4. The van der Waals surface area contributed by atoms with Gasteiger partial charge in [0.1, 0.15) is 6.26 Å². The molecule has 9 nitrogen and oxygen atoms in total. The van der Waals surface area contributed by atoms with Gasteiger partial charge in [-0.2, -0.15) is 0 Å². The minimum Gasteiger partial charge on any atom is -0.454 e. The molecule has 4 rings (SSSR count). The van der Waals surface area contributed by atoms with E-state index in [-0.39, 0.29) is 36.4 Å². The minimum atomic E-state index is -0.253. The molecule has 3 heterocycles. The zero-order valence-corrected chi connectivity index (χ0v) is 16.2. The fraction of sp³-hybridized carbons (Fsp3) is 0.450. The van der Waals surface area contributed by atoms with Gasteiger partial charge in [0, 0.05) is 31.6 Å². The highest BCUT2D eigenvalue weighted by atomic mass is 16.7. The van der Waals surface area contributed by atoms with Crippen LogP contribution < -0.4 is 20.1 Å². The fourth-order valence-electron chi connectivity index (χ4n) is 3.75. The number of ether oxygens (including phenoxy) is 2. The van der Waals surface area contributed by atoms with Crippen molar-refractivity contribution in [3.8, 4) is 11.5 Å². The predicted molar refractivity (Wildman–Crippen MR) is 102 cm³/mol. The molecule has 154 valence electrons. The van der Waals surface area contributed by atoms with Crippen LogP contribution in [0.25, 0.3) is 0 Å². The number of rotatable bonds is 7. The second-order valence-electron chi connectivity index (χ2n) is 7.30. The lowest BCUT2D eigenvalue weighted by atomic mass is 10.1. The Bertz CT molecular complexity index is 870. The molecule has 1 saturated heterocycles. The molecule has 0 spiro atoms. The Morgan fingerprint density at radius 3 is 2.83 bits per heavy atom. The van der Waals surface area contributed by atoms with E-state index in [1.165, 1.54) is 12.7 Å². The Labute approximate surface area is 168 Å². The van der Waals surface area contributed by atoms with Crippen LogP contribution in [-0.2, 0) is 11.3 Å². The van der Waals surface area contributed by atoms with Crippen LogP contribution in [0.15, 0.2) is 35.3 Å². The van der Waals surface area contributed by atoms with E-state index >= 15 is 0 Å². The van der Waals surface area contributed by atoms with E-state index in [4.69, 9.17) is 13.9 Å². The van der Waals surface area contributed by atoms with E-state index in [9.17, 15) is 9.59 Å². The Morgan fingerprint density at radius 1 is 1.17 bits per heavy atom. The largest absolute Gasteiger partial charge is 0.454 e. The molecule has 2 amide bonds. The van der Waals surface area contributed by atoms with Gasteiger partial charge in [0.05, 0.1) is 0 Å². The Hall–Kier alpha value is -3.07. The monoisotopic (exact) mass is 400 g/mol. The van der Waals surface area contributed by atoms with E-state index in [0.29, 0.717) is 25.3 Å². The molecule has 0 radical (unpaired) electrons. The second-order valence-corrected chi connectivity index (χ2v) is 7.30. The van der Waals surface area contributed by atoms with Crippen molar-refractivity contribution in [3.05, 3.63) is 42.1 Å². The zero-order chi connectivity index (χ0) is 20.2. The molecule has 2 aromatic rings. The first-order chi connectivity index (χ1) is 14.1. The molecule has 2 atom stereocenters. The van der Waals surface area contributed by atoms with E-state index < -0.39 is 0 Å². The first-order valence-electron chi connectivity index (χ1n) is 9.63. The van der Waals surface area contributed by atoms with Gasteiger partial charge < -0.3 is 24.5 Å². The number of carbonyl (C=O) groups excluding carboxylic acids is 2. The summed E-state index contributed by atoms with van der Waals surface area (Å²) in [6.45, 7) is 1.19. The topological polar surface area (TPSA) is 106 Å². The summed E-state index contributed by atoms with van der Waals surface area (Å²) < 4.78 is 15.5. The maximum atomic E-state index is 12.4. The summed E-state index contributed by atoms with van der Waals surface area (Å²) in [5.41, 5.74) is 1.24. The van der Waals surface area contributed by atoms with E-state index in [1.54, 1.807) is 0 Å². The second kappa shape index (κ2) is 8.52. The lowest BCUT2D eigenvalue weighted by molar-refractivity contribution is -0.122. The highest BCUT2D eigenvalue weighted by Gasteiger charge is 2.32. The third kappa shape index (κ3) is 4.51. The van der Waals surface area contributed by atoms with E-state index in [2.05, 4.69) is 20.5 Å². The van der Waals surface area contributed by atoms with Crippen LogP contribution in [0, 0.1) is 0 Å². The number of carbonyl (C=O) groups is 2. The number of oxazole rings is 1. The molecular weight excluding hydrogens is 376 g/mol. The number of nitrogens with zero attached hydrogens (tertiary/aromatic N) is 2. The molecule has 0 unspecified atom stereocenters. The molecule has 1 aromatic heterocycles. The SMILES string of the molecule is CN1[C@@H](CC(=O)NCc2ccc3c(c2)OCO3)CC[C@H]1CNC(=O)c1cocn1. The molecule has 29 heavy (non-hydrogen) atoms. The van der Waals surface area contributed by atoms with Gasteiger partial charge in [0.25, 0.3) is 5.91 Å². The summed E-state index contributed by atoms with van der Waals surface area (Å²) in [7, 11) is 2.00. The summed E-state index contributed by atoms with van der Waals surface area (Å²) in [4.78, 5) is 30.4. The van der Waals surface area contributed by atoms with Crippen molar-refractivity contribution in [1.29, 1.82) is 0 Å². The van der Waals surface area contributed by atoms with Crippen molar-refractivity contribution < 1.29 is 23.5 Å². The van der Waals surface area contributed by atoms with Crippen molar-refractivity contribution in [2.75, 3.05) is 20.4 Å². The van der Waals surface area contributed by atoms with Crippen molar-refractivity contribution in [2.24, 2.45) is 0 Å². The molecule has 1 fully saturated rings. The number of fused-ring (bicyclic) bond motifs is 1. The number of likely N-dealkylation sites (N-methyl/N-ethyl adjacent to an activating group) is 1. The molecule has 2 aliphatic heterocycles. The van der Waals surface area contributed by atoms with Gasteiger partial charge >= 0.3 is 0 Å². The average Bonchev–Trinajstić information content (AvgIpc) is 3.47. The highest BCUT2D eigenvalue weighted by molar-refractivity contribution is 5.91. The van der Waals surface area contributed by atoms with Gasteiger partial charge in [0.2, 0.25) is 12.7 Å². The summed E-state index contributed by atoms with van der Waals surface area (Å²) in [5.74, 6) is 1.20. The molecule has 2 N–H and O–H groups in total. The summed E-state index contributed by atoms with van der Waals surface area (Å²) >= 11 is 0. The molecule has 9 heteroatoms. The van der Waals surface area contributed by atoms with E-state index in [0.717, 1.165) is 24.2 Å². The number of hydrogen-bond acceptors (Lipinski definition) is 7. The Balaban J connectivity index is 1.21. The summed E-state index contributed by atoms with van der Waals surface area (Å²) in [6, 6.07) is 6.01. The van der Waals surface area contributed by atoms with Crippen LogP contribution in [0.4, 0.5) is 0 Å². The molecule has 0 saturated carbocycles. The minimum absolute atomic E-state index is 0.00630. The first-order valence-corrected chi connectivity index (χ1v) is 9.63. The normalized spacial score (nSPS) is 20.6. The maximum Gasteiger partial charge on any atom is 0.273 e. The lowest BCUT2D eigenvalue weighted by Crippen LogP contribution is -2.42. The summed E-state index contributed by atoms with van der Waals surface area (Å²) in [5, 5.41) is 5.84. The van der Waals surface area contributed by atoms with Gasteiger partial charge in [0.15, 0.2) is 23.6 Å². The van der Waals surface area contributed by atoms with Crippen LogP contribution in [0.2, 0.25) is 0 Å². The number of amides is 2. The van der Waals surface area contributed by atoms with Gasteiger partial charge in [-0.15, -0.1) is 0 Å². The molecular formula is C20H24N4O5. The van der Waals surface area contributed by atoms with Gasteiger partial charge in [-0.3, -0.25) is 14.5 Å². The standard InChI is InChI=1S/C20H24N4O5/c1-24-14(3-4-15(24)9-22-20(26)16-10-27-11-23-16)7-19(25)21-8-13-2-5-17-18(6-13)29-12-28-17/h2,5-6,10-11,14-15H,3-4,7-9,12H2,1H3,(H,21,25)(H,22,26)/t14-,15+/m1/s1. The average molecular weight is 400 g/mol. The molecule has 0 bridgehead atoms. The fourth-order valence-corrected chi connectivity index (χ4v) is 3.75. The van der Waals surface area contributed by atoms with Crippen LogP contribution in [0.3, 0.4) is 0 Å². The van der Waals surface area contributed by atoms with E-state index in [1.807, 2.05) is 25.2 Å². The molecule has 2 aliphatic rings. The van der Waals surface area contributed by atoms with Crippen LogP contribution in [0.1, 0.15) is 35.3 Å². The van der Waals surface area contributed by atoms with Gasteiger partial charge in [-0.25, -0.2) is 4.98 Å². The smallest absolute Gasteiger partial charge is 0.273 e. The number of benzene rings is 1. The van der Waals surface area contributed by atoms with Gasteiger partial charge in [-0.1, -0.05) is 6.07 Å². The number of aromatic nitrogens is 1. The van der Waals surface area contributed by atoms with Crippen LogP contribution in [-0.4, -0.2) is 54.2 Å². The van der Waals surface area contributed by atoms with Gasteiger partial charge in [-0.05, 0) is 37.6 Å². The highest BCUT2D eigenvalue weighted by Crippen LogP contribution is 2.32. The number of nitrogens with one attached hydrogen (secondary N) is 2. The molecule has 0 aliphatic carbocycles. The Morgan fingerprint density at radius 2 is 2.00 bits per heavy atom. The third-order valence-corrected chi connectivity index (χ3v) is 5.50. The zero-order valence-electron chi connectivity index (χ0n) is 16.2. The van der Waals surface area contributed by atoms with Crippen molar-refractivity contribution >= 4 is 11.8 Å². The predicted octanol–water partition coefficient (Wildman–Crippen LogP) is 1.30. The first kappa shape index (κ1) is 19.3. The molecule has 1 aromatic carbocycles. The van der Waals surface area contributed by atoms with Crippen molar-refractivity contribution in [3.63, 3.8) is 0 Å². The van der Waals surface area contributed by atoms with Crippen LogP contribution >= 0.6 is 0 Å². The van der Waals surface area contributed by atoms with Crippen LogP contribution in [0.5, 0.6) is 11.5 Å². The Kier molecular flexibility index (Phi) is 5.66.